The summed E-state index contributed by atoms with van der Waals surface area (Å²) in [5, 5.41) is 3.76. The lowest BCUT2D eigenvalue weighted by atomic mass is 9.90. The van der Waals surface area contributed by atoms with E-state index in [1.165, 1.54) is 6.07 Å². The van der Waals surface area contributed by atoms with Crippen LogP contribution in [0.1, 0.15) is 32.8 Å². The molecule has 0 aliphatic carbocycles. The Morgan fingerprint density at radius 1 is 1.37 bits per heavy atom. The highest BCUT2D eigenvalue weighted by Crippen LogP contribution is 2.25. The number of rotatable bonds is 7. The number of halogens is 3. The molecular formula is C14H20ClF2NO. The van der Waals surface area contributed by atoms with Crippen molar-refractivity contribution < 1.29 is 13.5 Å². The molecule has 0 heterocycles. The zero-order chi connectivity index (χ0) is 14.5. The van der Waals surface area contributed by atoms with Gasteiger partial charge in [0.15, 0.2) is 0 Å². The second kappa shape index (κ2) is 7.06. The van der Waals surface area contributed by atoms with Crippen LogP contribution >= 0.6 is 11.6 Å². The normalized spacial score (nSPS) is 11.9. The molecule has 0 atom stereocenters. The van der Waals surface area contributed by atoms with Crippen molar-refractivity contribution in [2.24, 2.45) is 5.41 Å². The predicted molar refractivity (Wildman–Crippen MR) is 73.9 cm³/mol. The molecule has 1 rings (SSSR count). The van der Waals surface area contributed by atoms with Crippen molar-refractivity contribution in [3.8, 4) is 5.75 Å². The fourth-order valence-corrected chi connectivity index (χ4v) is 1.75. The van der Waals surface area contributed by atoms with Gasteiger partial charge in [0.25, 0.3) is 0 Å². The third-order valence-corrected chi connectivity index (χ3v) is 3.35. The largest absolute Gasteiger partial charge is 0.434 e. The first-order valence-corrected chi connectivity index (χ1v) is 6.66. The third-order valence-electron chi connectivity index (χ3n) is 3.11. The number of benzene rings is 1. The van der Waals surface area contributed by atoms with Gasteiger partial charge in [-0.1, -0.05) is 32.4 Å². The van der Waals surface area contributed by atoms with Gasteiger partial charge in [-0.25, -0.2) is 0 Å². The predicted octanol–water partition coefficient (Wildman–Crippen LogP) is 4.47. The minimum atomic E-state index is -2.83. The van der Waals surface area contributed by atoms with Gasteiger partial charge in [-0.3, -0.25) is 0 Å². The molecule has 0 aliphatic heterocycles. The molecule has 0 bridgehead atoms. The summed E-state index contributed by atoms with van der Waals surface area (Å²) in [4.78, 5) is 0. The van der Waals surface area contributed by atoms with Crippen LogP contribution in [0.15, 0.2) is 18.2 Å². The van der Waals surface area contributed by atoms with E-state index in [4.69, 9.17) is 11.6 Å². The van der Waals surface area contributed by atoms with Crippen molar-refractivity contribution in [2.75, 3.05) is 6.54 Å². The van der Waals surface area contributed by atoms with Gasteiger partial charge in [0.05, 0.1) is 0 Å². The summed E-state index contributed by atoms with van der Waals surface area (Å²) in [5.41, 5.74) is 0.808. The highest BCUT2D eigenvalue weighted by atomic mass is 35.5. The maximum Gasteiger partial charge on any atom is 0.387 e. The molecule has 1 aromatic rings. The molecule has 0 aromatic heterocycles. The number of nitrogens with one attached hydrogen (secondary N) is 1. The van der Waals surface area contributed by atoms with Gasteiger partial charge >= 0.3 is 6.61 Å². The molecule has 2 nitrogen and oxygen atoms in total. The summed E-state index contributed by atoms with van der Waals surface area (Å²) in [7, 11) is 0. The van der Waals surface area contributed by atoms with Crippen molar-refractivity contribution in [3.63, 3.8) is 0 Å². The van der Waals surface area contributed by atoms with Crippen molar-refractivity contribution in [1.82, 2.24) is 5.32 Å². The van der Waals surface area contributed by atoms with Crippen molar-refractivity contribution in [3.05, 3.63) is 28.8 Å². The van der Waals surface area contributed by atoms with Crippen molar-refractivity contribution in [2.45, 2.75) is 40.3 Å². The summed E-state index contributed by atoms with van der Waals surface area (Å²) in [5.74, 6) is 0.168. The molecule has 0 aliphatic rings. The van der Waals surface area contributed by atoms with Crippen LogP contribution in [0.5, 0.6) is 5.75 Å². The Labute approximate surface area is 118 Å². The van der Waals surface area contributed by atoms with E-state index in [1.54, 1.807) is 12.1 Å². The summed E-state index contributed by atoms with van der Waals surface area (Å²) < 4.78 is 29.1. The first-order chi connectivity index (χ1) is 8.84. The van der Waals surface area contributed by atoms with E-state index in [1.807, 2.05) is 0 Å². The van der Waals surface area contributed by atoms with E-state index < -0.39 is 6.61 Å². The van der Waals surface area contributed by atoms with Crippen LogP contribution in [0.3, 0.4) is 0 Å². The lowest BCUT2D eigenvalue weighted by Crippen LogP contribution is -2.28. The van der Waals surface area contributed by atoms with Crippen LogP contribution in [0, 0.1) is 5.41 Å². The quantitative estimate of drug-likeness (QED) is 0.800. The van der Waals surface area contributed by atoms with Crippen molar-refractivity contribution in [1.29, 1.82) is 0 Å². The minimum Gasteiger partial charge on any atom is -0.434 e. The molecule has 19 heavy (non-hydrogen) atoms. The summed E-state index contributed by atoms with van der Waals surface area (Å²) in [6, 6.07) is 4.65. The maximum atomic E-state index is 12.3. The van der Waals surface area contributed by atoms with Crippen LogP contribution in [-0.2, 0) is 6.54 Å². The van der Waals surface area contributed by atoms with Crippen LogP contribution in [0.4, 0.5) is 8.78 Å². The summed E-state index contributed by atoms with van der Waals surface area (Å²) in [6.45, 7) is 4.83. The van der Waals surface area contributed by atoms with Crippen LogP contribution in [-0.4, -0.2) is 13.2 Å². The van der Waals surface area contributed by atoms with E-state index in [2.05, 4.69) is 30.8 Å². The fourth-order valence-electron chi connectivity index (χ4n) is 1.56. The maximum absolute atomic E-state index is 12.3. The third kappa shape index (κ3) is 5.74. The second-order valence-electron chi connectivity index (χ2n) is 5.25. The minimum absolute atomic E-state index is 0.168. The Balaban J connectivity index is 2.68. The summed E-state index contributed by atoms with van der Waals surface area (Å²) in [6.07, 6.45) is 1.04. The highest BCUT2D eigenvalue weighted by Gasteiger charge is 2.15. The molecule has 0 unspecified atom stereocenters. The van der Waals surface area contributed by atoms with Gasteiger partial charge in [0.1, 0.15) is 5.75 Å². The molecule has 0 amide bonds. The number of hydrogen-bond acceptors (Lipinski definition) is 2. The van der Waals surface area contributed by atoms with Gasteiger partial charge in [-0.2, -0.15) is 8.78 Å². The first kappa shape index (κ1) is 16.2. The second-order valence-corrected chi connectivity index (χ2v) is 5.69. The Kier molecular flexibility index (Phi) is 6.01. The SMILES string of the molecule is CCC(C)(C)CNCc1cc(Cl)ccc1OC(F)F. The van der Waals surface area contributed by atoms with E-state index in [9.17, 15) is 8.78 Å². The number of hydrogen-bond donors (Lipinski definition) is 1. The van der Waals surface area contributed by atoms with Gasteiger partial charge in [-0.15, -0.1) is 0 Å². The van der Waals surface area contributed by atoms with Crippen LogP contribution < -0.4 is 10.1 Å². The molecule has 0 fully saturated rings. The van der Waals surface area contributed by atoms with Crippen LogP contribution in [0.2, 0.25) is 5.02 Å². The standard InChI is InChI=1S/C14H20ClF2NO/c1-4-14(2,3)9-18-8-10-7-11(15)5-6-12(10)19-13(16)17/h5-7,13,18H,4,8-9H2,1-3H3. The molecule has 5 heteroatoms. The molecular weight excluding hydrogens is 272 g/mol. The molecule has 0 radical (unpaired) electrons. The van der Waals surface area contributed by atoms with E-state index >= 15 is 0 Å². The van der Waals surface area contributed by atoms with E-state index in [0.29, 0.717) is 17.1 Å². The van der Waals surface area contributed by atoms with E-state index in [-0.39, 0.29) is 11.2 Å². The molecule has 108 valence electrons. The van der Waals surface area contributed by atoms with Gasteiger partial charge in [-0.05, 0) is 30.0 Å². The first-order valence-electron chi connectivity index (χ1n) is 6.28. The average Bonchev–Trinajstić information content (AvgIpc) is 2.32. The smallest absolute Gasteiger partial charge is 0.387 e. The number of ether oxygens (including phenoxy) is 1. The monoisotopic (exact) mass is 291 g/mol. The molecule has 1 aromatic carbocycles. The molecule has 0 saturated carbocycles. The van der Waals surface area contributed by atoms with Gasteiger partial charge < -0.3 is 10.1 Å². The van der Waals surface area contributed by atoms with Gasteiger partial charge in [0, 0.05) is 23.7 Å². The Morgan fingerprint density at radius 3 is 2.63 bits per heavy atom. The molecule has 1 N–H and O–H groups in total. The summed E-state index contributed by atoms with van der Waals surface area (Å²) >= 11 is 5.88. The Morgan fingerprint density at radius 2 is 2.05 bits per heavy atom. The Bertz CT molecular complexity index is 410. The average molecular weight is 292 g/mol. The number of alkyl halides is 2. The van der Waals surface area contributed by atoms with E-state index in [0.717, 1.165) is 13.0 Å². The van der Waals surface area contributed by atoms with Crippen molar-refractivity contribution >= 4 is 11.6 Å². The van der Waals surface area contributed by atoms with Crippen LogP contribution in [0.25, 0.3) is 0 Å². The molecule has 0 saturated heterocycles. The lowest BCUT2D eigenvalue weighted by molar-refractivity contribution is -0.0505. The topological polar surface area (TPSA) is 21.3 Å². The Hall–Kier alpha value is -0.870. The lowest BCUT2D eigenvalue weighted by Gasteiger charge is -2.23. The van der Waals surface area contributed by atoms with Gasteiger partial charge in [0.2, 0.25) is 0 Å². The zero-order valence-corrected chi connectivity index (χ0v) is 12.2. The highest BCUT2D eigenvalue weighted by molar-refractivity contribution is 6.30. The fraction of sp³-hybridized carbons (Fsp3) is 0.571. The molecule has 0 spiro atoms. The zero-order valence-electron chi connectivity index (χ0n) is 11.5.